The summed E-state index contributed by atoms with van der Waals surface area (Å²) in [4.78, 5) is 4.47. The van der Waals surface area contributed by atoms with Crippen molar-refractivity contribution in [3.05, 3.63) is 11.3 Å². The molecule has 0 spiro atoms. The Kier molecular flexibility index (Phi) is 4.01. The fraction of sp³-hybridized carbons (Fsp3) is 0.846. The second-order valence-electron chi connectivity index (χ2n) is 5.87. The van der Waals surface area contributed by atoms with E-state index in [1.54, 1.807) is 0 Å². The predicted molar refractivity (Wildman–Crippen MR) is 78.0 cm³/mol. The first kappa shape index (κ1) is 14.6. The van der Waals surface area contributed by atoms with E-state index in [0.717, 1.165) is 57.4 Å². The van der Waals surface area contributed by atoms with Crippen molar-refractivity contribution in [2.45, 2.75) is 36.4 Å². The quantitative estimate of drug-likeness (QED) is 0.539. The number of hydrogen-bond donors (Lipinski definition) is 0. The van der Waals surface area contributed by atoms with Crippen molar-refractivity contribution in [3.8, 4) is 0 Å². The minimum atomic E-state index is -3.69. The van der Waals surface area contributed by atoms with Crippen molar-refractivity contribution in [1.29, 1.82) is 0 Å². The molecular formula is C13H21ClN2O3S. The van der Waals surface area contributed by atoms with Crippen LogP contribution in [0.2, 0.25) is 0 Å². The molecule has 3 aliphatic rings. The first-order chi connectivity index (χ1) is 9.49. The molecule has 0 aromatic heterocycles. The Hall–Kier alpha value is -0.300. The summed E-state index contributed by atoms with van der Waals surface area (Å²) in [6, 6.07) is -0.209. The molecule has 0 N–H and O–H groups in total. The lowest BCUT2D eigenvalue weighted by Gasteiger charge is -2.43. The highest BCUT2D eigenvalue weighted by Gasteiger charge is 2.46. The summed E-state index contributed by atoms with van der Waals surface area (Å²) < 4.78 is 28.5. The normalized spacial score (nSPS) is 35.5. The lowest BCUT2D eigenvalue weighted by Crippen LogP contribution is -2.55. The van der Waals surface area contributed by atoms with Gasteiger partial charge in [0.25, 0.3) is 0 Å². The van der Waals surface area contributed by atoms with E-state index in [2.05, 4.69) is 16.8 Å². The molecular weight excluding hydrogens is 300 g/mol. The summed E-state index contributed by atoms with van der Waals surface area (Å²) in [5, 5.41) is 0. The summed E-state index contributed by atoms with van der Waals surface area (Å²) in [6.45, 7) is 3.61. The molecule has 2 atom stereocenters. The van der Waals surface area contributed by atoms with Crippen molar-refractivity contribution < 1.29 is 12.6 Å². The van der Waals surface area contributed by atoms with E-state index in [4.69, 9.17) is 15.8 Å². The molecule has 20 heavy (non-hydrogen) atoms. The number of piperazine rings is 1. The summed E-state index contributed by atoms with van der Waals surface area (Å²) in [6.07, 6.45) is 3.72. The summed E-state index contributed by atoms with van der Waals surface area (Å²) in [7, 11) is -1.61. The molecule has 3 rings (SSSR count). The zero-order valence-electron chi connectivity index (χ0n) is 11.7. The van der Waals surface area contributed by atoms with E-state index in [-0.39, 0.29) is 6.04 Å². The van der Waals surface area contributed by atoms with Crippen LogP contribution >= 0.6 is 11.6 Å². The maximum absolute atomic E-state index is 12.1. The Balaban J connectivity index is 1.92. The van der Waals surface area contributed by atoms with Gasteiger partial charge in [-0.05, 0) is 31.9 Å². The summed E-state index contributed by atoms with van der Waals surface area (Å²) >= 11 is 6.26. The smallest absolute Gasteiger partial charge is 0.327 e. The van der Waals surface area contributed by atoms with Gasteiger partial charge < -0.3 is 9.08 Å². The minimum absolute atomic E-state index is 0.209. The number of alkyl halides is 1. The van der Waals surface area contributed by atoms with Crippen LogP contribution in [-0.2, 0) is 14.3 Å². The zero-order valence-corrected chi connectivity index (χ0v) is 13.3. The molecule has 0 saturated carbocycles. The molecule has 2 heterocycles. The number of allylic oxidation sites excluding steroid dienone is 1. The SMILES string of the molecule is CN1CCN(C2C3=C(CCCC3)OS(=O)(=O)C2Cl)CC1. The molecule has 0 aromatic carbocycles. The molecule has 114 valence electrons. The van der Waals surface area contributed by atoms with Crippen LogP contribution in [0.3, 0.4) is 0 Å². The Morgan fingerprint density at radius 2 is 1.80 bits per heavy atom. The van der Waals surface area contributed by atoms with Crippen molar-refractivity contribution in [2.75, 3.05) is 33.2 Å². The minimum Gasteiger partial charge on any atom is -0.386 e. The number of nitrogens with zero attached hydrogens (tertiary/aromatic N) is 2. The van der Waals surface area contributed by atoms with Crippen molar-refractivity contribution in [1.82, 2.24) is 9.80 Å². The number of hydrogen-bond acceptors (Lipinski definition) is 5. The van der Waals surface area contributed by atoms with Crippen LogP contribution in [-0.4, -0.2) is 62.2 Å². The Labute approximate surface area is 125 Å². The first-order valence-electron chi connectivity index (χ1n) is 7.21. The number of halogens is 1. The largest absolute Gasteiger partial charge is 0.386 e. The maximum Gasteiger partial charge on any atom is 0.327 e. The lowest BCUT2D eigenvalue weighted by molar-refractivity contribution is 0.120. The van der Waals surface area contributed by atoms with E-state index in [9.17, 15) is 8.42 Å². The van der Waals surface area contributed by atoms with Crippen LogP contribution in [0.1, 0.15) is 25.7 Å². The fourth-order valence-corrected chi connectivity index (χ4v) is 4.93. The van der Waals surface area contributed by atoms with Gasteiger partial charge in [-0.1, -0.05) is 11.6 Å². The topological polar surface area (TPSA) is 49.9 Å². The average Bonchev–Trinajstić information content (AvgIpc) is 2.41. The molecule has 1 fully saturated rings. The van der Waals surface area contributed by atoms with Gasteiger partial charge in [-0.15, -0.1) is 0 Å². The van der Waals surface area contributed by atoms with Crippen LogP contribution < -0.4 is 0 Å². The standard InChI is InChI=1S/C13H21ClN2O3S/c1-15-6-8-16(9-7-15)12-10-4-2-3-5-11(10)19-20(17,18)13(12)14/h12-13H,2-9H2,1H3. The molecule has 0 bridgehead atoms. The van der Waals surface area contributed by atoms with Gasteiger partial charge in [0.2, 0.25) is 0 Å². The van der Waals surface area contributed by atoms with Gasteiger partial charge in [-0.3, -0.25) is 4.90 Å². The van der Waals surface area contributed by atoms with Crippen molar-refractivity contribution >= 4 is 21.7 Å². The Morgan fingerprint density at radius 3 is 2.50 bits per heavy atom. The van der Waals surface area contributed by atoms with Gasteiger partial charge in [0.05, 0.1) is 6.04 Å². The van der Waals surface area contributed by atoms with Crippen LogP contribution in [0.25, 0.3) is 0 Å². The van der Waals surface area contributed by atoms with E-state index in [1.807, 2.05) is 0 Å². The van der Waals surface area contributed by atoms with E-state index in [1.165, 1.54) is 0 Å². The highest BCUT2D eigenvalue weighted by molar-refractivity contribution is 7.88. The molecule has 0 amide bonds. The molecule has 0 aromatic rings. The van der Waals surface area contributed by atoms with Gasteiger partial charge >= 0.3 is 10.1 Å². The van der Waals surface area contributed by atoms with Crippen molar-refractivity contribution in [2.24, 2.45) is 0 Å². The summed E-state index contributed by atoms with van der Waals surface area (Å²) in [5.74, 6) is 0.664. The highest BCUT2D eigenvalue weighted by atomic mass is 35.5. The van der Waals surface area contributed by atoms with Gasteiger partial charge in [0.1, 0.15) is 5.76 Å². The monoisotopic (exact) mass is 320 g/mol. The van der Waals surface area contributed by atoms with E-state index >= 15 is 0 Å². The van der Waals surface area contributed by atoms with E-state index < -0.39 is 14.8 Å². The second kappa shape index (κ2) is 5.48. The van der Waals surface area contributed by atoms with Gasteiger partial charge in [0, 0.05) is 32.6 Å². The molecule has 7 heteroatoms. The highest BCUT2D eigenvalue weighted by Crippen LogP contribution is 2.40. The number of rotatable bonds is 1. The molecule has 2 aliphatic heterocycles. The molecule has 1 saturated heterocycles. The Bertz CT molecular complexity index is 512. The maximum atomic E-state index is 12.1. The lowest BCUT2D eigenvalue weighted by atomic mass is 9.91. The van der Waals surface area contributed by atoms with Gasteiger partial charge in [-0.25, -0.2) is 0 Å². The predicted octanol–water partition coefficient (Wildman–Crippen LogP) is 1.36. The molecule has 0 radical (unpaired) electrons. The fourth-order valence-electron chi connectivity index (χ4n) is 3.30. The Morgan fingerprint density at radius 1 is 1.15 bits per heavy atom. The van der Waals surface area contributed by atoms with Gasteiger partial charge in [0.15, 0.2) is 4.71 Å². The second-order valence-corrected chi connectivity index (χ2v) is 8.26. The van der Waals surface area contributed by atoms with E-state index in [0.29, 0.717) is 5.76 Å². The third kappa shape index (κ3) is 2.58. The number of likely N-dealkylation sites (N-methyl/N-ethyl adjacent to an activating group) is 1. The van der Waals surface area contributed by atoms with Crippen LogP contribution in [0, 0.1) is 0 Å². The summed E-state index contributed by atoms with van der Waals surface area (Å²) in [5.41, 5.74) is 1.12. The molecule has 5 nitrogen and oxygen atoms in total. The zero-order chi connectivity index (χ0) is 14.3. The van der Waals surface area contributed by atoms with Crippen LogP contribution in [0.5, 0.6) is 0 Å². The third-order valence-electron chi connectivity index (χ3n) is 4.49. The van der Waals surface area contributed by atoms with Gasteiger partial charge in [-0.2, -0.15) is 8.42 Å². The van der Waals surface area contributed by atoms with Crippen molar-refractivity contribution in [3.63, 3.8) is 0 Å². The van der Waals surface area contributed by atoms with Crippen LogP contribution in [0.4, 0.5) is 0 Å². The third-order valence-corrected chi connectivity index (χ3v) is 6.62. The molecule has 1 aliphatic carbocycles. The first-order valence-corrected chi connectivity index (χ1v) is 9.12. The average molecular weight is 321 g/mol. The van der Waals surface area contributed by atoms with Crippen LogP contribution in [0.15, 0.2) is 11.3 Å². The molecule has 2 unspecified atom stereocenters.